The lowest BCUT2D eigenvalue weighted by Crippen LogP contribution is -1.85. The van der Waals surface area contributed by atoms with Gasteiger partial charge < -0.3 is 0 Å². The fraction of sp³-hybridized carbons (Fsp3) is 0.600. The van der Waals surface area contributed by atoms with Crippen molar-refractivity contribution in [3.05, 3.63) is 34.0 Å². The maximum atomic E-state index is 2.44. The summed E-state index contributed by atoms with van der Waals surface area (Å²) in [4.78, 5) is 3.02. The van der Waals surface area contributed by atoms with E-state index in [0.29, 0.717) is 0 Å². The standard InChI is InChI=1S/C20H30S2/c1-3-5-7-9-11-17-15-19(22-16-17)20-18(13-14-21-20)12-10-8-6-4-2/h13-16H,3-12H2,1-2H3. The molecule has 2 heteroatoms. The van der Waals surface area contributed by atoms with Crippen molar-refractivity contribution >= 4 is 22.7 Å². The lowest BCUT2D eigenvalue weighted by molar-refractivity contribution is 0.667. The predicted molar refractivity (Wildman–Crippen MR) is 103 cm³/mol. The smallest absolute Gasteiger partial charge is 0.0474 e. The molecule has 0 bridgehead atoms. The first kappa shape index (κ1) is 17.7. The molecule has 0 radical (unpaired) electrons. The van der Waals surface area contributed by atoms with Crippen molar-refractivity contribution in [2.24, 2.45) is 0 Å². The molecule has 2 heterocycles. The topological polar surface area (TPSA) is 0 Å². The van der Waals surface area contributed by atoms with E-state index in [1.54, 1.807) is 11.1 Å². The van der Waals surface area contributed by atoms with Crippen LogP contribution in [-0.4, -0.2) is 0 Å². The van der Waals surface area contributed by atoms with Gasteiger partial charge in [-0.05, 0) is 59.7 Å². The van der Waals surface area contributed by atoms with Gasteiger partial charge in [0.15, 0.2) is 0 Å². The largest absolute Gasteiger partial charge is 0.143 e. The summed E-state index contributed by atoms with van der Waals surface area (Å²) in [7, 11) is 0. The first-order valence-electron chi connectivity index (χ1n) is 8.99. The van der Waals surface area contributed by atoms with Crippen molar-refractivity contribution in [2.45, 2.75) is 78.1 Å². The van der Waals surface area contributed by atoms with E-state index in [9.17, 15) is 0 Å². The van der Waals surface area contributed by atoms with Crippen LogP contribution < -0.4 is 0 Å². The highest BCUT2D eigenvalue weighted by Crippen LogP contribution is 2.35. The summed E-state index contributed by atoms with van der Waals surface area (Å²) in [6.45, 7) is 4.56. The zero-order valence-electron chi connectivity index (χ0n) is 14.2. The Hall–Kier alpha value is -0.600. The predicted octanol–water partition coefficient (Wildman–Crippen LogP) is 7.72. The highest BCUT2D eigenvalue weighted by atomic mass is 32.1. The quantitative estimate of drug-likeness (QED) is 0.369. The molecule has 22 heavy (non-hydrogen) atoms. The molecule has 0 aromatic carbocycles. The molecular weight excluding hydrogens is 304 g/mol. The van der Waals surface area contributed by atoms with Crippen LogP contribution in [0.3, 0.4) is 0 Å². The van der Waals surface area contributed by atoms with Gasteiger partial charge in [-0.3, -0.25) is 0 Å². The van der Waals surface area contributed by atoms with Crippen LogP contribution in [0.5, 0.6) is 0 Å². The molecule has 0 aliphatic rings. The molecule has 0 atom stereocenters. The Kier molecular flexibility index (Phi) is 8.25. The minimum absolute atomic E-state index is 1.25. The van der Waals surface area contributed by atoms with Gasteiger partial charge in [-0.15, -0.1) is 22.7 Å². The maximum absolute atomic E-state index is 2.44. The fourth-order valence-corrected chi connectivity index (χ4v) is 4.95. The van der Waals surface area contributed by atoms with Crippen molar-refractivity contribution in [1.29, 1.82) is 0 Å². The molecule has 2 rings (SSSR count). The molecule has 0 unspecified atom stereocenters. The van der Waals surface area contributed by atoms with E-state index in [-0.39, 0.29) is 0 Å². The number of hydrogen-bond acceptors (Lipinski definition) is 2. The average Bonchev–Trinajstić information content (AvgIpc) is 3.17. The lowest BCUT2D eigenvalue weighted by Gasteiger charge is -2.02. The van der Waals surface area contributed by atoms with Crippen LogP contribution in [0, 0.1) is 0 Å². The van der Waals surface area contributed by atoms with Gasteiger partial charge in [0.1, 0.15) is 0 Å². The summed E-state index contributed by atoms with van der Waals surface area (Å²) >= 11 is 3.86. The third-order valence-corrected chi connectivity index (χ3v) is 6.36. The molecule has 0 saturated heterocycles. The molecule has 0 spiro atoms. The van der Waals surface area contributed by atoms with E-state index < -0.39 is 0 Å². The van der Waals surface area contributed by atoms with E-state index in [1.807, 2.05) is 22.7 Å². The summed E-state index contributed by atoms with van der Waals surface area (Å²) < 4.78 is 0. The summed E-state index contributed by atoms with van der Waals surface area (Å²) in [6, 6.07) is 4.78. The molecule has 2 aromatic heterocycles. The Balaban J connectivity index is 1.89. The Morgan fingerprint density at radius 3 is 2.27 bits per heavy atom. The summed E-state index contributed by atoms with van der Waals surface area (Å²) in [5.41, 5.74) is 3.11. The summed E-state index contributed by atoms with van der Waals surface area (Å²) in [5.74, 6) is 0. The molecular formula is C20H30S2. The van der Waals surface area contributed by atoms with Crippen LogP contribution in [-0.2, 0) is 12.8 Å². The Morgan fingerprint density at radius 1 is 0.818 bits per heavy atom. The molecule has 122 valence electrons. The van der Waals surface area contributed by atoms with Crippen LogP contribution >= 0.6 is 22.7 Å². The number of unbranched alkanes of at least 4 members (excludes halogenated alkanes) is 6. The summed E-state index contributed by atoms with van der Waals surface area (Å²) in [5, 5.41) is 4.65. The zero-order chi connectivity index (χ0) is 15.6. The molecule has 0 amide bonds. The van der Waals surface area contributed by atoms with E-state index in [4.69, 9.17) is 0 Å². The summed E-state index contributed by atoms with van der Waals surface area (Å²) in [6.07, 6.45) is 13.3. The molecule has 0 aliphatic carbocycles. The zero-order valence-corrected chi connectivity index (χ0v) is 15.8. The number of aryl methyl sites for hydroxylation is 2. The van der Waals surface area contributed by atoms with E-state index >= 15 is 0 Å². The van der Waals surface area contributed by atoms with Crippen LogP contribution in [0.15, 0.2) is 22.9 Å². The van der Waals surface area contributed by atoms with E-state index in [1.165, 1.54) is 74.0 Å². The molecule has 2 aromatic rings. The van der Waals surface area contributed by atoms with Crippen molar-refractivity contribution < 1.29 is 0 Å². The molecule has 0 fully saturated rings. The van der Waals surface area contributed by atoms with Gasteiger partial charge in [0, 0.05) is 9.75 Å². The monoisotopic (exact) mass is 334 g/mol. The highest BCUT2D eigenvalue weighted by Gasteiger charge is 2.09. The minimum atomic E-state index is 1.25. The molecule has 0 N–H and O–H groups in total. The van der Waals surface area contributed by atoms with Gasteiger partial charge in [0.2, 0.25) is 0 Å². The Labute approximate surface area is 144 Å². The van der Waals surface area contributed by atoms with Crippen LogP contribution in [0.2, 0.25) is 0 Å². The second-order valence-electron chi connectivity index (χ2n) is 6.22. The van der Waals surface area contributed by atoms with Gasteiger partial charge in [-0.25, -0.2) is 0 Å². The normalized spacial score (nSPS) is 11.2. The third kappa shape index (κ3) is 5.55. The molecule has 0 saturated carbocycles. The van der Waals surface area contributed by atoms with Gasteiger partial charge in [-0.2, -0.15) is 0 Å². The molecule has 0 nitrogen and oxygen atoms in total. The first-order valence-corrected chi connectivity index (χ1v) is 10.7. The van der Waals surface area contributed by atoms with E-state index in [0.717, 1.165) is 0 Å². The maximum Gasteiger partial charge on any atom is 0.0474 e. The van der Waals surface area contributed by atoms with Gasteiger partial charge >= 0.3 is 0 Å². The van der Waals surface area contributed by atoms with Crippen LogP contribution in [0.1, 0.15) is 76.3 Å². The Morgan fingerprint density at radius 2 is 1.55 bits per heavy atom. The van der Waals surface area contributed by atoms with Crippen molar-refractivity contribution in [3.8, 4) is 9.75 Å². The second-order valence-corrected chi connectivity index (χ2v) is 8.04. The SMILES string of the molecule is CCCCCCc1csc(-c2sccc2CCCCCC)c1. The first-order chi connectivity index (χ1) is 10.8. The number of thiophene rings is 2. The minimum Gasteiger partial charge on any atom is -0.143 e. The lowest BCUT2D eigenvalue weighted by atomic mass is 10.1. The fourth-order valence-electron chi connectivity index (χ4n) is 2.87. The van der Waals surface area contributed by atoms with Crippen LogP contribution in [0.4, 0.5) is 0 Å². The Bertz CT molecular complexity index is 521. The van der Waals surface area contributed by atoms with Gasteiger partial charge in [-0.1, -0.05) is 52.4 Å². The average molecular weight is 335 g/mol. The van der Waals surface area contributed by atoms with Gasteiger partial charge in [0.25, 0.3) is 0 Å². The number of hydrogen-bond donors (Lipinski definition) is 0. The second kappa shape index (κ2) is 10.2. The molecule has 0 aliphatic heterocycles. The van der Waals surface area contributed by atoms with Crippen molar-refractivity contribution in [3.63, 3.8) is 0 Å². The van der Waals surface area contributed by atoms with Crippen LogP contribution in [0.25, 0.3) is 9.75 Å². The highest BCUT2D eigenvalue weighted by molar-refractivity contribution is 7.20. The van der Waals surface area contributed by atoms with E-state index in [2.05, 4.69) is 36.7 Å². The van der Waals surface area contributed by atoms with Crippen molar-refractivity contribution in [1.82, 2.24) is 0 Å². The number of rotatable bonds is 11. The third-order valence-electron chi connectivity index (χ3n) is 4.24. The van der Waals surface area contributed by atoms with Crippen molar-refractivity contribution in [2.75, 3.05) is 0 Å². The van der Waals surface area contributed by atoms with Gasteiger partial charge in [0.05, 0.1) is 0 Å².